The van der Waals surface area contributed by atoms with Crippen LogP contribution in [0.4, 0.5) is 5.69 Å². The summed E-state index contributed by atoms with van der Waals surface area (Å²) >= 11 is 6.10. The molecule has 2 aromatic carbocycles. The zero-order valence-electron chi connectivity index (χ0n) is 15.8. The summed E-state index contributed by atoms with van der Waals surface area (Å²) in [6.45, 7) is 4.69. The molecule has 8 heteroatoms. The maximum atomic E-state index is 12.7. The average molecular weight is 423 g/mol. The minimum Gasteiger partial charge on any atom is -0.377 e. The highest BCUT2D eigenvalue weighted by Crippen LogP contribution is 2.24. The summed E-state index contributed by atoms with van der Waals surface area (Å²) in [6.07, 6.45) is 1.60. The molecule has 1 amide bonds. The third-order valence-electron chi connectivity index (χ3n) is 4.64. The molecule has 3 rings (SSSR count). The van der Waals surface area contributed by atoms with Crippen molar-refractivity contribution in [1.29, 1.82) is 0 Å². The molecule has 150 valence electrons. The maximum absolute atomic E-state index is 12.7. The van der Waals surface area contributed by atoms with Crippen molar-refractivity contribution in [2.45, 2.75) is 37.7 Å². The van der Waals surface area contributed by atoms with Crippen LogP contribution < -0.4 is 10.0 Å². The Labute approximate surface area is 170 Å². The number of hydrogen-bond acceptors (Lipinski definition) is 4. The topological polar surface area (TPSA) is 84.5 Å². The van der Waals surface area contributed by atoms with Gasteiger partial charge < -0.3 is 10.1 Å². The number of carbonyl (C=O) groups excluding carboxylic acids is 1. The van der Waals surface area contributed by atoms with Crippen molar-refractivity contribution in [2.75, 3.05) is 18.5 Å². The van der Waals surface area contributed by atoms with Gasteiger partial charge in [-0.3, -0.25) is 4.79 Å². The molecule has 1 heterocycles. The largest absolute Gasteiger partial charge is 0.377 e. The first-order valence-electron chi connectivity index (χ1n) is 9.06. The molecule has 1 atom stereocenters. The lowest BCUT2D eigenvalue weighted by Gasteiger charge is -2.14. The first-order chi connectivity index (χ1) is 13.3. The van der Waals surface area contributed by atoms with E-state index in [-0.39, 0.29) is 28.1 Å². The molecule has 1 fully saturated rings. The van der Waals surface area contributed by atoms with Crippen LogP contribution in [0.5, 0.6) is 0 Å². The molecule has 0 radical (unpaired) electrons. The van der Waals surface area contributed by atoms with E-state index in [9.17, 15) is 13.2 Å². The number of halogens is 1. The Kier molecular flexibility index (Phi) is 6.40. The Morgan fingerprint density at radius 1 is 1.21 bits per heavy atom. The molecule has 0 bridgehead atoms. The van der Waals surface area contributed by atoms with Gasteiger partial charge >= 0.3 is 0 Å². The predicted octanol–water partition coefficient (Wildman–Crippen LogP) is 3.67. The second kappa shape index (κ2) is 8.61. The van der Waals surface area contributed by atoms with Crippen LogP contribution in [-0.2, 0) is 14.8 Å². The third kappa shape index (κ3) is 4.91. The second-order valence-electron chi connectivity index (χ2n) is 6.90. The van der Waals surface area contributed by atoms with Crippen molar-refractivity contribution >= 4 is 33.2 Å². The predicted molar refractivity (Wildman–Crippen MR) is 109 cm³/mol. The summed E-state index contributed by atoms with van der Waals surface area (Å²) in [5, 5.41) is 2.87. The first kappa shape index (κ1) is 20.8. The van der Waals surface area contributed by atoms with E-state index in [1.54, 1.807) is 0 Å². The average Bonchev–Trinajstić information content (AvgIpc) is 3.16. The van der Waals surface area contributed by atoms with Crippen LogP contribution in [0, 0.1) is 13.8 Å². The van der Waals surface area contributed by atoms with Crippen LogP contribution in [0.2, 0.25) is 5.02 Å². The van der Waals surface area contributed by atoms with Gasteiger partial charge in [0.2, 0.25) is 10.0 Å². The number of carbonyl (C=O) groups is 1. The van der Waals surface area contributed by atoms with Crippen LogP contribution in [-0.4, -0.2) is 33.6 Å². The SMILES string of the molecule is Cc1ccc(NC(=O)c2ccc(Cl)c(S(=O)(=O)NCC3CCCO3)c2)c(C)c1. The van der Waals surface area contributed by atoms with E-state index in [1.807, 2.05) is 32.0 Å². The van der Waals surface area contributed by atoms with Gasteiger partial charge in [0.1, 0.15) is 4.90 Å². The smallest absolute Gasteiger partial charge is 0.255 e. The Morgan fingerprint density at radius 2 is 2.00 bits per heavy atom. The minimum absolute atomic E-state index is 0.0582. The van der Waals surface area contributed by atoms with Gasteiger partial charge in [-0.25, -0.2) is 13.1 Å². The fraction of sp³-hybridized carbons (Fsp3) is 0.350. The molecule has 0 aliphatic carbocycles. The summed E-state index contributed by atoms with van der Waals surface area (Å²) in [6, 6.07) is 9.88. The number of aryl methyl sites for hydroxylation is 2. The zero-order chi connectivity index (χ0) is 20.3. The highest BCUT2D eigenvalue weighted by Gasteiger charge is 2.23. The van der Waals surface area contributed by atoms with E-state index < -0.39 is 15.9 Å². The fourth-order valence-corrected chi connectivity index (χ4v) is 4.67. The number of sulfonamides is 1. The molecule has 0 spiro atoms. The molecular weight excluding hydrogens is 400 g/mol. The zero-order valence-corrected chi connectivity index (χ0v) is 17.4. The quantitative estimate of drug-likeness (QED) is 0.743. The van der Waals surface area contributed by atoms with Gasteiger partial charge in [0.05, 0.1) is 11.1 Å². The lowest BCUT2D eigenvalue weighted by atomic mass is 10.1. The van der Waals surface area contributed by atoms with Gasteiger partial charge in [0.15, 0.2) is 0 Å². The molecule has 1 aliphatic rings. The van der Waals surface area contributed by atoms with Crippen LogP contribution in [0.3, 0.4) is 0 Å². The van der Waals surface area contributed by atoms with Crippen LogP contribution >= 0.6 is 11.6 Å². The summed E-state index contributed by atoms with van der Waals surface area (Å²) in [7, 11) is -3.86. The standard InChI is InChI=1S/C20H23ClN2O4S/c1-13-5-8-18(14(2)10-13)23-20(24)15-6-7-17(21)19(11-15)28(25,26)22-12-16-4-3-9-27-16/h5-8,10-11,16,22H,3-4,9,12H2,1-2H3,(H,23,24). The Bertz CT molecular complexity index is 986. The van der Waals surface area contributed by atoms with Crippen molar-refractivity contribution in [3.8, 4) is 0 Å². The number of hydrogen-bond donors (Lipinski definition) is 2. The van der Waals surface area contributed by atoms with E-state index in [0.29, 0.717) is 12.3 Å². The van der Waals surface area contributed by atoms with E-state index >= 15 is 0 Å². The van der Waals surface area contributed by atoms with Crippen molar-refractivity contribution in [1.82, 2.24) is 4.72 Å². The van der Waals surface area contributed by atoms with Gasteiger partial charge in [0.25, 0.3) is 5.91 Å². The number of amides is 1. The van der Waals surface area contributed by atoms with Crippen LogP contribution in [0.15, 0.2) is 41.3 Å². The number of benzene rings is 2. The van der Waals surface area contributed by atoms with Gasteiger partial charge in [-0.05, 0) is 56.5 Å². The van der Waals surface area contributed by atoms with Crippen molar-refractivity contribution in [3.63, 3.8) is 0 Å². The molecular formula is C20H23ClN2O4S. The van der Waals surface area contributed by atoms with E-state index in [0.717, 1.165) is 24.0 Å². The van der Waals surface area contributed by atoms with E-state index in [2.05, 4.69) is 10.0 Å². The van der Waals surface area contributed by atoms with Crippen molar-refractivity contribution in [2.24, 2.45) is 0 Å². The first-order valence-corrected chi connectivity index (χ1v) is 10.9. The molecule has 1 unspecified atom stereocenters. The number of ether oxygens (including phenoxy) is 1. The molecule has 2 N–H and O–H groups in total. The molecule has 0 aromatic heterocycles. The fourth-order valence-electron chi connectivity index (χ4n) is 3.08. The Morgan fingerprint density at radius 3 is 2.68 bits per heavy atom. The van der Waals surface area contributed by atoms with Gasteiger partial charge in [0, 0.05) is 24.4 Å². The van der Waals surface area contributed by atoms with E-state index in [4.69, 9.17) is 16.3 Å². The number of rotatable bonds is 6. The molecule has 2 aromatic rings. The highest BCUT2D eigenvalue weighted by atomic mass is 35.5. The minimum atomic E-state index is -3.86. The van der Waals surface area contributed by atoms with Gasteiger partial charge in [-0.1, -0.05) is 29.3 Å². The summed E-state index contributed by atoms with van der Waals surface area (Å²) in [5.74, 6) is -0.404. The summed E-state index contributed by atoms with van der Waals surface area (Å²) in [5.41, 5.74) is 2.90. The second-order valence-corrected chi connectivity index (χ2v) is 9.05. The lowest BCUT2D eigenvalue weighted by molar-refractivity contribution is 0.102. The van der Waals surface area contributed by atoms with Crippen LogP contribution in [0.25, 0.3) is 0 Å². The van der Waals surface area contributed by atoms with E-state index in [1.165, 1.54) is 18.2 Å². The van der Waals surface area contributed by atoms with Crippen LogP contribution in [0.1, 0.15) is 34.3 Å². The third-order valence-corrected chi connectivity index (χ3v) is 6.54. The number of nitrogens with one attached hydrogen (secondary N) is 2. The lowest BCUT2D eigenvalue weighted by Crippen LogP contribution is -2.32. The highest BCUT2D eigenvalue weighted by molar-refractivity contribution is 7.89. The maximum Gasteiger partial charge on any atom is 0.255 e. The van der Waals surface area contributed by atoms with Gasteiger partial charge in [-0.2, -0.15) is 0 Å². The number of anilines is 1. The normalized spacial score (nSPS) is 16.9. The molecule has 1 saturated heterocycles. The molecule has 6 nitrogen and oxygen atoms in total. The monoisotopic (exact) mass is 422 g/mol. The summed E-state index contributed by atoms with van der Waals surface area (Å²) in [4.78, 5) is 12.5. The van der Waals surface area contributed by atoms with Crippen molar-refractivity contribution < 1.29 is 17.9 Å². The van der Waals surface area contributed by atoms with Crippen molar-refractivity contribution in [3.05, 3.63) is 58.1 Å². The molecule has 28 heavy (non-hydrogen) atoms. The summed E-state index contributed by atoms with van der Waals surface area (Å²) < 4.78 is 33.3. The Hall–Kier alpha value is -1.93. The van der Waals surface area contributed by atoms with Gasteiger partial charge in [-0.15, -0.1) is 0 Å². The molecule has 1 aliphatic heterocycles. The Balaban J connectivity index is 1.78. The molecule has 0 saturated carbocycles.